The molecule has 1 atom stereocenters. The summed E-state index contributed by atoms with van der Waals surface area (Å²) in [5.74, 6) is 0. The topological polar surface area (TPSA) is 9.23 Å². The molecule has 0 fully saturated rings. The molecule has 1 unspecified atom stereocenters. The van der Waals surface area contributed by atoms with Gasteiger partial charge in [-0.05, 0) is 24.0 Å². The first-order valence-corrected chi connectivity index (χ1v) is 6.71. The lowest BCUT2D eigenvalue weighted by Gasteiger charge is -2.12. The first-order valence-electron chi connectivity index (χ1n) is 5.80. The van der Waals surface area contributed by atoms with Crippen molar-refractivity contribution < 1.29 is 17.9 Å². The van der Waals surface area contributed by atoms with Crippen molar-refractivity contribution in [2.45, 2.75) is 30.8 Å². The van der Waals surface area contributed by atoms with Crippen LogP contribution in [0.3, 0.4) is 0 Å². The number of rotatable bonds is 6. The molecule has 0 saturated heterocycles. The van der Waals surface area contributed by atoms with Crippen LogP contribution in [0.15, 0.2) is 24.3 Å². The molecule has 0 aliphatic rings. The van der Waals surface area contributed by atoms with Gasteiger partial charge in [0.2, 0.25) is 0 Å². The highest BCUT2D eigenvalue weighted by molar-refractivity contribution is 9.09. The van der Waals surface area contributed by atoms with E-state index in [1.165, 1.54) is 5.56 Å². The summed E-state index contributed by atoms with van der Waals surface area (Å²) in [6, 6.07) is 8.03. The molecular formula is C13H16BrF3O. The second kappa shape index (κ2) is 7.14. The molecule has 0 aliphatic carbocycles. The monoisotopic (exact) mass is 324 g/mol. The average molecular weight is 325 g/mol. The van der Waals surface area contributed by atoms with Gasteiger partial charge in [0.05, 0.1) is 0 Å². The summed E-state index contributed by atoms with van der Waals surface area (Å²) in [7, 11) is 0. The van der Waals surface area contributed by atoms with Crippen LogP contribution in [0, 0.1) is 0 Å². The fraction of sp³-hybridized carbons (Fsp3) is 0.538. The van der Waals surface area contributed by atoms with E-state index in [1.807, 2.05) is 24.3 Å². The maximum Gasteiger partial charge on any atom is 0.411 e. The zero-order valence-corrected chi connectivity index (χ0v) is 11.7. The third kappa shape index (κ3) is 5.87. The smallest absolute Gasteiger partial charge is 0.372 e. The van der Waals surface area contributed by atoms with Crippen molar-refractivity contribution >= 4 is 15.9 Å². The van der Waals surface area contributed by atoms with Crippen LogP contribution >= 0.6 is 15.9 Å². The molecule has 0 heterocycles. The first kappa shape index (κ1) is 15.5. The van der Waals surface area contributed by atoms with Gasteiger partial charge >= 0.3 is 6.18 Å². The maximum atomic E-state index is 11.8. The van der Waals surface area contributed by atoms with Crippen LogP contribution < -0.4 is 0 Å². The van der Waals surface area contributed by atoms with Crippen LogP contribution in [0.25, 0.3) is 0 Å². The Morgan fingerprint density at radius 1 is 1.22 bits per heavy atom. The highest BCUT2D eigenvalue weighted by Crippen LogP contribution is 2.27. The van der Waals surface area contributed by atoms with E-state index in [4.69, 9.17) is 0 Å². The summed E-state index contributed by atoms with van der Waals surface area (Å²) in [6.07, 6.45) is -2.76. The normalized spacial score (nSPS) is 13.6. The van der Waals surface area contributed by atoms with E-state index in [9.17, 15) is 13.2 Å². The van der Waals surface area contributed by atoms with Crippen LogP contribution in [-0.2, 0) is 11.2 Å². The summed E-state index contributed by atoms with van der Waals surface area (Å²) in [4.78, 5) is 0.0247. The van der Waals surface area contributed by atoms with E-state index in [1.54, 1.807) is 0 Å². The van der Waals surface area contributed by atoms with E-state index in [0.717, 1.165) is 12.0 Å². The molecule has 1 aromatic carbocycles. The van der Waals surface area contributed by atoms with Gasteiger partial charge in [-0.3, -0.25) is 0 Å². The molecule has 0 saturated carbocycles. The number of aryl methyl sites for hydroxylation is 1. The summed E-state index contributed by atoms with van der Waals surface area (Å²) < 4.78 is 40.1. The minimum absolute atomic E-state index is 0.0247. The van der Waals surface area contributed by atoms with Crippen molar-refractivity contribution in [3.63, 3.8) is 0 Å². The number of hydrogen-bond donors (Lipinski definition) is 0. The van der Waals surface area contributed by atoms with Gasteiger partial charge in [0.1, 0.15) is 6.61 Å². The van der Waals surface area contributed by atoms with Crippen LogP contribution in [0.2, 0.25) is 0 Å². The second-order valence-corrected chi connectivity index (χ2v) is 5.12. The molecule has 18 heavy (non-hydrogen) atoms. The highest BCUT2D eigenvalue weighted by Gasteiger charge is 2.27. The third-order valence-electron chi connectivity index (χ3n) is 2.53. The molecule has 0 amide bonds. The lowest BCUT2D eigenvalue weighted by molar-refractivity contribution is -0.174. The molecule has 102 valence electrons. The molecule has 0 aliphatic heterocycles. The third-order valence-corrected chi connectivity index (χ3v) is 3.52. The van der Waals surface area contributed by atoms with Crippen molar-refractivity contribution in [1.29, 1.82) is 0 Å². The van der Waals surface area contributed by atoms with Gasteiger partial charge < -0.3 is 4.74 Å². The van der Waals surface area contributed by atoms with Gasteiger partial charge in [0.15, 0.2) is 0 Å². The van der Waals surface area contributed by atoms with Crippen molar-refractivity contribution in [2.75, 3.05) is 13.2 Å². The van der Waals surface area contributed by atoms with E-state index in [0.29, 0.717) is 6.42 Å². The minimum atomic E-state index is -4.25. The molecule has 1 aromatic rings. The van der Waals surface area contributed by atoms with E-state index in [2.05, 4.69) is 27.6 Å². The Balaban J connectivity index is 2.33. The number of alkyl halides is 4. The Labute approximate surface area is 113 Å². The second-order valence-electron chi connectivity index (χ2n) is 4.02. The van der Waals surface area contributed by atoms with E-state index >= 15 is 0 Å². The average Bonchev–Trinajstić information content (AvgIpc) is 2.33. The molecular weight excluding hydrogens is 309 g/mol. The lowest BCUT2D eigenvalue weighted by Crippen LogP contribution is -2.17. The molecule has 1 nitrogen and oxygen atoms in total. The summed E-state index contributed by atoms with van der Waals surface area (Å²) >= 11 is 3.45. The van der Waals surface area contributed by atoms with Crippen molar-refractivity contribution in [3.05, 3.63) is 35.4 Å². The predicted octanol–water partition coefficient (Wildman–Crippen LogP) is 4.65. The molecule has 0 bridgehead atoms. The van der Waals surface area contributed by atoms with Crippen molar-refractivity contribution in [1.82, 2.24) is 0 Å². The van der Waals surface area contributed by atoms with Gasteiger partial charge in [-0.1, -0.05) is 47.1 Å². The first-order chi connectivity index (χ1) is 8.42. The zero-order chi connectivity index (χ0) is 13.6. The van der Waals surface area contributed by atoms with Gasteiger partial charge in [0, 0.05) is 11.4 Å². The lowest BCUT2D eigenvalue weighted by atomic mass is 10.1. The number of hydrogen-bond acceptors (Lipinski definition) is 1. The van der Waals surface area contributed by atoms with Gasteiger partial charge in [0.25, 0.3) is 0 Å². The number of halogens is 4. The molecule has 0 aromatic heterocycles. The number of benzene rings is 1. The van der Waals surface area contributed by atoms with Gasteiger partial charge in [-0.2, -0.15) is 13.2 Å². The zero-order valence-electron chi connectivity index (χ0n) is 10.1. The van der Waals surface area contributed by atoms with E-state index in [-0.39, 0.29) is 11.4 Å². The fourth-order valence-corrected chi connectivity index (χ4v) is 2.00. The van der Waals surface area contributed by atoms with E-state index < -0.39 is 12.8 Å². The Morgan fingerprint density at radius 2 is 1.83 bits per heavy atom. The molecule has 1 rings (SSSR count). The Kier molecular flexibility index (Phi) is 6.15. The van der Waals surface area contributed by atoms with Crippen LogP contribution in [-0.4, -0.2) is 19.4 Å². The van der Waals surface area contributed by atoms with Crippen LogP contribution in [0.4, 0.5) is 13.2 Å². The standard InChI is InChI=1S/C13H16BrF3O/c1-2-10-3-5-11(6-4-10)12(14)7-8-18-9-13(15,16)17/h3-6,12H,2,7-9H2,1H3. The van der Waals surface area contributed by atoms with Crippen molar-refractivity contribution in [2.24, 2.45) is 0 Å². The molecule has 0 spiro atoms. The molecule has 0 radical (unpaired) electrons. The van der Waals surface area contributed by atoms with Gasteiger partial charge in [-0.25, -0.2) is 0 Å². The Morgan fingerprint density at radius 3 is 2.33 bits per heavy atom. The van der Waals surface area contributed by atoms with Crippen LogP contribution in [0.1, 0.15) is 29.3 Å². The maximum absolute atomic E-state index is 11.8. The number of ether oxygens (including phenoxy) is 1. The fourth-order valence-electron chi connectivity index (χ4n) is 1.50. The minimum Gasteiger partial charge on any atom is -0.372 e. The molecule has 0 N–H and O–H groups in total. The van der Waals surface area contributed by atoms with Gasteiger partial charge in [-0.15, -0.1) is 0 Å². The molecule has 5 heteroatoms. The SMILES string of the molecule is CCc1ccc(C(Br)CCOCC(F)(F)F)cc1. The quantitative estimate of drug-likeness (QED) is 0.546. The summed E-state index contributed by atoms with van der Waals surface area (Å²) in [5.41, 5.74) is 2.30. The summed E-state index contributed by atoms with van der Waals surface area (Å²) in [6.45, 7) is 0.984. The largest absolute Gasteiger partial charge is 0.411 e. The van der Waals surface area contributed by atoms with Crippen molar-refractivity contribution in [3.8, 4) is 0 Å². The Bertz CT molecular complexity index is 348. The Hall–Kier alpha value is -0.550. The predicted molar refractivity (Wildman–Crippen MR) is 69.0 cm³/mol. The summed E-state index contributed by atoms with van der Waals surface area (Å²) in [5, 5.41) is 0. The van der Waals surface area contributed by atoms with Crippen LogP contribution in [0.5, 0.6) is 0 Å². The highest BCUT2D eigenvalue weighted by atomic mass is 79.9.